The van der Waals surface area contributed by atoms with Gasteiger partial charge >= 0.3 is 6.09 Å². The zero-order valence-electron chi connectivity index (χ0n) is 16.4. The predicted octanol–water partition coefficient (Wildman–Crippen LogP) is 4.15. The van der Waals surface area contributed by atoms with Gasteiger partial charge in [0.25, 0.3) is 0 Å². The molecule has 0 bridgehead atoms. The highest BCUT2D eigenvalue weighted by molar-refractivity contribution is 5.69. The summed E-state index contributed by atoms with van der Waals surface area (Å²) >= 11 is 0. The third-order valence-electron chi connectivity index (χ3n) is 4.56. The van der Waals surface area contributed by atoms with E-state index in [9.17, 15) is 4.79 Å². The fourth-order valence-electron chi connectivity index (χ4n) is 3.39. The molecule has 6 nitrogen and oxygen atoms in total. The molecule has 1 fully saturated rings. The summed E-state index contributed by atoms with van der Waals surface area (Å²) in [5, 5.41) is 3.44. The standard InChI is InChI=1S/C19H32N4O2/c1-7-15-9-14(22-17-20-11-13(3)12-21-17)10-16(8-2)23(15)18(24)25-19(4,5)6/h11-12,14-16H,7-10H2,1-6H3,(H,20,21,22)/t14?,15-,16+. The maximum atomic E-state index is 12.7. The number of aromatic nitrogens is 2. The second-order valence-corrected chi connectivity index (χ2v) is 7.91. The Hall–Kier alpha value is -1.85. The number of ether oxygens (including phenoxy) is 1. The van der Waals surface area contributed by atoms with Crippen LogP contribution in [0.1, 0.15) is 65.9 Å². The van der Waals surface area contributed by atoms with Crippen LogP contribution in [0.3, 0.4) is 0 Å². The number of hydrogen-bond acceptors (Lipinski definition) is 5. The number of carbonyl (C=O) groups is 1. The molecule has 0 aromatic carbocycles. The Bertz CT molecular complexity index is 554. The van der Waals surface area contributed by atoms with Crippen LogP contribution in [0.4, 0.5) is 10.7 Å². The van der Waals surface area contributed by atoms with Crippen LogP contribution >= 0.6 is 0 Å². The Morgan fingerprint density at radius 1 is 1.20 bits per heavy atom. The van der Waals surface area contributed by atoms with Crippen LogP contribution in [0.2, 0.25) is 0 Å². The van der Waals surface area contributed by atoms with E-state index in [1.807, 2.05) is 45.0 Å². The number of hydrogen-bond donors (Lipinski definition) is 1. The molecule has 0 spiro atoms. The molecular formula is C19H32N4O2. The van der Waals surface area contributed by atoms with E-state index >= 15 is 0 Å². The third-order valence-corrected chi connectivity index (χ3v) is 4.56. The van der Waals surface area contributed by atoms with Crippen LogP contribution in [0.15, 0.2) is 12.4 Å². The zero-order chi connectivity index (χ0) is 18.6. The Kier molecular flexibility index (Phi) is 6.25. The van der Waals surface area contributed by atoms with Gasteiger partial charge in [-0.3, -0.25) is 0 Å². The summed E-state index contributed by atoms with van der Waals surface area (Å²) in [4.78, 5) is 23.4. The zero-order valence-corrected chi connectivity index (χ0v) is 16.4. The van der Waals surface area contributed by atoms with E-state index in [1.165, 1.54) is 0 Å². The molecule has 0 aliphatic carbocycles. The van der Waals surface area contributed by atoms with Crippen molar-refractivity contribution in [1.82, 2.24) is 14.9 Å². The smallest absolute Gasteiger partial charge is 0.410 e. The first-order valence-electron chi connectivity index (χ1n) is 9.30. The first-order valence-corrected chi connectivity index (χ1v) is 9.30. The minimum absolute atomic E-state index is 0.163. The first-order chi connectivity index (χ1) is 11.7. The van der Waals surface area contributed by atoms with Crippen molar-refractivity contribution in [1.29, 1.82) is 0 Å². The van der Waals surface area contributed by atoms with Crippen LogP contribution < -0.4 is 5.32 Å². The number of likely N-dealkylation sites (tertiary alicyclic amines) is 1. The average molecular weight is 348 g/mol. The molecule has 1 aromatic heterocycles. The van der Waals surface area contributed by atoms with Gasteiger partial charge in [-0.05, 0) is 58.9 Å². The molecule has 2 rings (SSSR count). The van der Waals surface area contributed by atoms with Crippen LogP contribution in [-0.4, -0.2) is 44.7 Å². The predicted molar refractivity (Wildman–Crippen MR) is 99.6 cm³/mol. The fraction of sp³-hybridized carbons (Fsp3) is 0.737. The maximum Gasteiger partial charge on any atom is 0.410 e. The van der Waals surface area contributed by atoms with Crippen molar-refractivity contribution in [2.24, 2.45) is 0 Å². The minimum Gasteiger partial charge on any atom is -0.444 e. The second-order valence-electron chi connectivity index (χ2n) is 7.91. The molecule has 0 radical (unpaired) electrons. The van der Waals surface area contributed by atoms with Gasteiger partial charge in [0.15, 0.2) is 0 Å². The average Bonchev–Trinajstić information content (AvgIpc) is 2.54. The lowest BCUT2D eigenvalue weighted by Crippen LogP contribution is -2.55. The molecule has 6 heteroatoms. The van der Waals surface area contributed by atoms with Crippen LogP contribution in [0.5, 0.6) is 0 Å². The molecule has 1 N–H and O–H groups in total. The SMILES string of the molecule is CC[C@@H]1CC(Nc2ncc(C)cn2)C[C@H](CC)N1C(=O)OC(C)(C)C. The summed E-state index contributed by atoms with van der Waals surface area (Å²) in [6.07, 6.45) is 7.01. The number of carbonyl (C=O) groups excluding carboxylic acids is 1. The molecular weight excluding hydrogens is 316 g/mol. The summed E-state index contributed by atoms with van der Waals surface area (Å²) in [7, 11) is 0. The highest BCUT2D eigenvalue weighted by Crippen LogP contribution is 2.30. The quantitative estimate of drug-likeness (QED) is 0.885. The van der Waals surface area contributed by atoms with Gasteiger partial charge in [0.05, 0.1) is 0 Å². The third kappa shape index (κ3) is 5.31. The highest BCUT2D eigenvalue weighted by Gasteiger charge is 2.39. The van der Waals surface area contributed by atoms with Crippen molar-refractivity contribution in [2.45, 2.75) is 91.0 Å². The van der Waals surface area contributed by atoms with E-state index in [4.69, 9.17) is 4.74 Å². The van der Waals surface area contributed by atoms with Crippen molar-refractivity contribution >= 4 is 12.0 Å². The number of nitrogens with zero attached hydrogens (tertiary/aromatic N) is 3. The van der Waals surface area contributed by atoms with Crippen molar-refractivity contribution in [3.63, 3.8) is 0 Å². The van der Waals surface area contributed by atoms with Gasteiger partial charge in [-0.15, -0.1) is 0 Å². The summed E-state index contributed by atoms with van der Waals surface area (Å²) in [5.74, 6) is 0.658. The van der Waals surface area contributed by atoms with Gasteiger partial charge in [-0.2, -0.15) is 0 Å². The van der Waals surface area contributed by atoms with Crippen LogP contribution in [-0.2, 0) is 4.74 Å². The Morgan fingerprint density at radius 2 is 1.72 bits per heavy atom. The largest absolute Gasteiger partial charge is 0.444 e. The van der Waals surface area contributed by atoms with Crippen LogP contribution in [0.25, 0.3) is 0 Å². The van der Waals surface area contributed by atoms with E-state index in [1.54, 1.807) is 0 Å². The Labute approximate surface area is 151 Å². The highest BCUT2D eigenvalue weighted by atomic mass is 16.6. The van der Waals surface area contributed by atoms with E-state index < -0.39 is 5.60 Å². The lowest BCUT2D eigenvalue weighted by atomic mass is 9.89. The van der Waals surface area contributed by atoms with Gasteiger partial charge in [-0.1, -0.05) is 13.8 Å². The van der Waals surface area contributed by atoms with Gasteiger partial charge < -0.3 is 15.0 Å². The van der Waals surface area contributed by atoms with E-state index in [0.29, 0.717) is 5.95 Å². The molecule has 1 aromatic rings. The molecule has 140 valence electrons. The molecule has 1 aliphatic rings. The summed E-state index contributed by atoms with van der Waals surface area (Å²) in [6, 6.07) is 0.587. The molecule has 1 amide bonds. The van der Waals surface area contributed by atoms with Crippen molar-refractivity contribution < 1.29 is 9.53 Å². The van der Waals surface area contributed by atoms with Crippen molar-refractivity contribution in [3.05, 3.63) is 18.0 Å². The Morgan fingerprint density at radius 3 is 2.16 bits per heavy atom. The fourth-order valence-corrected chi connectivity index (χ4v) is 3.39. The normalized spacial score (nSPS) is 24.1. The second kappa shape index (κ2) is 8.02. The summed E-state index contributed by atoms with van der Waals surface area (Å²) < 4.78 is 5.65. The summed E-state index contributed by atoms with van der Waals surface area (Å²) in [6.45, 7) is 12.0. The molecule has 0 saturated carbocycles. The lowest BCUT2D eigenvalue weighted by Gasteiger charge is -2.45. The lowest BCUT2D eigenvalue weighted by molar-refractivity contribution is -0.00812. The molecule has 1 aliphatic heterocycles. The number of aryl methyl sites for hydroxylation is 1. The van der Waals surface area contributed by atoms with Gasteiger partial charge in [0.2, 0.25) is 5.95 Å². The van der Waals surface area contributed by atoms with Crippen molar-refractivity contribution in [2.75, 3.05) is 5.32 Å². The minimum atomic E-state index is -0.474. The molecule has 25 heavy (non-hydrogen) atoms. The number of nitrogens with one attached hydrogen (secondary N) is 1. The molecule has 3 atom stereocenters. The van der Waals surface area contributed by atoms with E-state index in [0.717, 1.165) is 31.2 Å². The number of piperidine rings is 1. The maximum absolute atomic E-state index is 12.7. The van der Waals surface area contributed by atoms with Gasteiger partial charge in [0.1, 0.15) is 5.60 Å². The van der Waals surface area contributed by atoms with Crippen molar-refractivity contribution in [3.8, 4) is 0 Å². The first kappa shape index (κ1) is 19.5. The topological polar surface area (TPSA) is 67.4 Å². The van der Waals surface area contributed by atoms with Gasteiger partial charge in [-0.25, -0.2) is 14.8 Å². The number of rotatable bonds is 4. The molecule has 2 heterocycles. The van der Waals surface area contributed by atoms with E-state index in [2.05, 4.69) is 29.1 Å². The monoisotopic (exact) mass is 348 g/mol. The molecule has 1 saturated heterocycles. The van der Waals surface area contributed by atoms with Crippen LogP contribution in [0, 0.1) is 6.92 Å². The summed E-state index contributed by atoms with van der Waals surface area (Å²) in [5.41, 5.74) is 0.571. The number of anilines is 1. The Balaban J connectivity index is 2.10. The number of amides is 1. The van der Waals surface area contributed by atoms with E-state index in [-0.39, 0.29) is 24.2 Å². The molecule has 1 unspecified atom stereocenters. The van der Waals surface area contributed by atoms with Gasteiger partial charge in [0, 0.05) is 30.5 Å².